The first-order chi connectivity index (χ1) is 7.86. The molecule has 0 aliphatic heterocycles. The Balaban J connectivity index is 2.98. The Labute approximate surface area is 102 Å². The fraction of sp³-hybridized carbons (Fsp3) is 0.462. The minimum absolute atomic E-state index is 0.257. The predicted molar refractivity (Wildman–Crippen MR) is 69.1 cm³/mol. The summed E-state index contributed by atoms with van der Waals surface area (Å²) in [5.41, 5.74) is 5.93. The second-order valence-electron chi connectivity index (χ2n) is 5.05. The number of hydrogen-bond acceptors (Lipinski definition) is 3. The average molecular weight is 236 g/mol. The van der Waals surface area contributed by atoms with Gasteiger partial charge in [0.2, 0.25) is 5.91 Å². The van der Waals surface area contributed by atoms with Gasteiger partial charge < -0.3 is 15.8 Å². The third-order valence-electron chi connectivity index (χ3n) is 2.56. The monoisotopic (exact) mass is 236 g/mol. The highest BCUT2D eigenvalue weighted by Gasteiger charge is 2.30. The summed E-state index contributed by atoms with van der Waals surface area (Å²) in [6.07, 6.45) is 0. The SMILES string of the molecule is COc1ccccc1NC(C(N)=O)C(C)(C)C. The van der Waals surface area contributed by atoms with E-state index in [1.165, 1.54) is 0 Å². The molecule has 0 radical (unpaired) electrons. The fourth-order valence-electron chi connectivity index (χ4n) is 1.63. The van der Waals surface area contributed by atoms with Gasteiger partial charge in [-0.25, -0.2) is 0 Å². The van der Waals surface area contributed by atoms with Crippen molar-refractivity contribution in [2.24, 2.45) is 11.1 Å². The van der Waals surface area contributed by atoms with Crippen LogP contribution in [-0.4, -0.2) is 19.1 Å². The van der Waals surface area contributed by atoms with Crippen LogP contribution in [0.25, 0.3) is 0 Å². The van der Waals surface area contributed by atoms with Gasteiger partial charge in [-0.2, -0.15) is 0 Å². The third kappa shape index (κ3) is 3.37. The molecule has 1 amide bonds. The lowest BCUT2D eigenvalue weighted by atomic mass is 9.86. The van der Waals surface area contributed by atoms with E-state index in [1.54, 1.807) is 7.11 Å². The molecule has 0 spiro atoms. The Kier molecular flexibility index (Phi) is 3.99. The van der Waals surface area contributed by atoms with Crippen molar-refractivity contribution in [2.45, 2.75) is 26.8 Å². The van der Waals surface area contributed by atoms with Gasteiger partial charge in [0.25, 0.3) is 0 Å². The number of hydrogen-bond donors (Lipinski definition) is 2. The highest BCUT2D eigenvalue weighted by atomic mass is 16.5. The lowest BCUT2D eigenvalue weighted by molar-refractivity contribution is -0.120. The second kappa shape index (κ2) is 5.08. The maximum atomic E-state index is 11.5. The Bertz CT molecular complexity index is 397. The van der Waals surface area contributed by atoms with Crippen LogP contribution in [0.3, 0.4) is 0 Å². The molecule has 0 bridgehead atoms. The number of primary amides is 1. The van der Waals surface area contributed by atoms with Crippen molar-refractivity contribution in [3.63, 3.8) is 0 Å². The Morgan fingerprint density at radius 1 is 1.35 bits per heavy atom. The fourth-order valence-corrected chi connectivity index (χ4v) is 1.63. The van der Waals surface area contributed by atoms with Crippen molar-refractivity contribution in [3.05, 3.63) is 24.3 Å². The van der Waals surface area contributed by atoms with Crippen molar-refractivity contribution in [1.29, 1.82) is 0 Å². The molecule has 94 valence electrons. The summed E-state index contributed by atoms with van der Waals surface area (Å²) in [6, 6.07) is 7.01. The molecule has 0 heterocycles. The van der Waals surface area contributed by atoms with Crippen molar-refractivity contribution < 1.29 is 9.53 Å². The van der Waals surface area contributed by atoms with Gasteiger partial charge in [0.1, 0.15) is 11.8 Å². The van der Waals surface area contributed by atoms with Crippen LogP contribution in [0.2, 0.25) is 0 Å². The Hall–Kier alpha value is -1.71. The van der Waals surface area contributed by atoms with E-state index in [4.69, 9.17) is 10.5 Å². The number of anilines is 1. The average Bonchev–Trinajstić information content (AvgIpc) is 2.24. The minimum atomic E-state index is -0.446. The lowest BCUT2D eigenvalue weighted by Gasteiger charge is -2.30. The molecule has 0 aliphatic carbocycles. The summed E-state index contributed by atoms with van der Waals surface area (Å²) in [5, 5.41) is 3.14. The molecule has 0 saturated heterocycles. The van der Waals surface area contributed by atoms with E-state index in [0.717, 1.165) is 5.69 Å². The van der Waals surface area contributed by atoms with E-state index in [2.05, 4.69) is 5.32 Å². The van der Waals surface area contributed by atoms with Gasteiger partial charge in [-0.1, -0.05) is 32.9 Å². The van der Waals surface area contributed by atoms with Crippen LogP contribution in [0.15, 0.2) is 24.3 Å². The summed E-state index contributed by atoms with van der Waals surface area (Å²) in [6.45, 7) is 5.89. The van der Waals surface area contributed by atoms with Crippen LogP contribution < -0.4 is 15.8 Å². The first kappa shape index (κ1) is 13.4. The lowest BCUT2D eigenvalue weighted by Crippen LogP contribution is -2.45. The van der Waals surface area contributed by atoms with Crippen molar-refractivity contribution in [2.75, 3.05) is 12.4 Å². The van der Waals surface area contributed by atoms with Crippen LogP contribution in [0.1, 0.15) is 20.8 Å². The minimum Gasteiger partial charge on any atom is -0.495 e. The molecule has 0 aliphatic rings. The number of nitrogens with two attached hydrogens (primary N) is 1. The number of carbonyl (C=O) groups is 1. The molecule has 4 heteroatoms. The van der Waals surface area contributed by atoms with E-state index in [1.807, 2.05) is 45.0 Å². The normalized spacial score (nSPS) is 12.9. The van der Waals surface area contributed by atoms with E-state index in [0.29, 0.717) is 5.75 Å². The first-order valence-electron chi connectivity index (χ1n) is 5.55. The highest BCUT2D eigenvalue weighted by molar-refractivity contribution is 5.84. The zero-order chi connectivity index (χ0) is 13.1. The van der Waals surface area contributed by atoms with Crippen molar-refractivity contribution in [1.82, 2.24) is 0 Å². The van der Waals surface area contributed by atoms with Gasteiger partial charge in [-0.3, -0.25) is 4.79 Å². The maximum absolute atomic E-state index is 11.5. The zero-order valence-electron chi connectivity index (χ0n) is 10.8. The van der Waals surface area contributed by atoms with E-state index < -0.39 is 6.04 Å². The van der Waals surface area contributed by atoms with Crippen molar-refractivity contribution >= 4 is 11.6 Å². The second-order valence-corrected chi connectivity index (χ2v) is 5.05. The van der Waals surface area contributed by atoms with Gasteiger partial charge in [-0.05, 0) is 17.5 Å². The molecule has 1 rings (SSSR count). The van der Waals surface area contributed by atoms with E-state index in [-0.39, 0.29) is 11.3 Å². The number of rotatable bonds is 4. The highest BCUT2D eigenvalue weighted by Crippen LogP contribution is 2.28. The van der Waals surface area contributed by atoms with Crippen LogP contribution in [0.4, 0.5) is 5.69 Å². The van der Waals surface area contributed by atoms with Crippen LogP contribution in [0.5, 0.6) is 5.75 Å². The molecule has 0 fully saturated rings. The number of para-hydroxylation sites is 2. The van der Waals surface area contributed by atoms with Crippen LogP contribution in [-0.2, 0) is 4.79 Å². The molecule has 0 aromatic heterocycles. The molecule has 1 aromatic carbocycles. The molecular formula is C13H20N2O2. The number of benzene rings is 1. The van der Waals surface area contributed by atoms with Gasteiger partial charge in [0, 0.05) is 0 Å². The largest absolute Gasteiger partial charge is 0.495 e. The molecule has 1 atom stereocenters. The standard InChI is InChI=1S/C13H20N2O2/c1-13(2,3)11(12(14)16)15-9-7-5-6-8-10(9)17-4/h5-8,11,15H,1-4H3,(H2,14,16). The molecule has 17 heavy (non-hydrogen) atoms. The van der Waals surface area contributed by atoms with Gasteiger partial charge in [-0.15, -0.1) is 0 Å². The Morgan fingerprint density at radius 3 is 2.41 bits per heavy atom. The molecule has 3 N–H and O–H groups in total. The van der Waals surface area contributed by atoms with Gasteiger partial charge >= 0.3 is 0 Å². The van der Waals surface area contributed by atoms with Gasteiger partial charge in [0.05, 0.1) is 12.8 Å². The summed E-state index contributed by atoms with van der Waals surface area (Å²) in [4.78, 5) is 11.5. The topological polar surface area (TPSA) is 64.3 Å². The van der Waals surface area contributed by atoms with Crippen LogP contribution in [0, 0.1) is 5.41 Å². The molecule has 0 saturated carbocycles. The number of carbonyl (C=O) groups excluding carboxylic acids is 1. The molecule has 1 aromatic rings. The number of nitrogens with one attached hydrogen (secondary N) is 1. The van der Waals surface area contributed by atoms with Crippen LogP contribution >= 0.6 is 0 Å². The smallest absolute Gasteiger partial charge is 0.240 e. The van der Waals surface area contributed by atoms with Gasteiger partial charge in [0.15, 0.2) is 0 Å². The maximum Gasteiger partial charge on any atom is 0.240 e. The summed E-state index contributed by atoms with van der Waals surface area (Å²) >= 11 is 0. The predicted octanol–water partition coefficient (Wildman–Crippen LogP) is 2.01. The third-order valence-corrected chi connectivity index (χ3v) is 2.56. The molecule has 1 unspecified atom stereocenters. The van der Waals surface area contributed by atoms with Crippen molar-refractivity contribution in [3.8, 4) is 5.75 Å². The summed E-state index contributed by atoms with van der Waals surface area (Å²) in [7, 11) is 1.59. The van der Waals surface area contributed by atoms with E-state index in [9.17, 15) is 4.79 Å². The molecule has 4 nitrogen and oxygen atoms in total. The first-order valence-corrected chi connectivity index (χ1v) is 5.55. The number of amides is 1. The van der Waals surface area contributed by atoms with E-state index >= 15 is 0 Å². The quantitative estimate of drug-likeness (QED) is 0.840. The number of ether oxygens (including phenoxy) is 1. The molecular weight excluding hydrogens is 216 g/mol. The zero-order valence-corrected chi connectivity index (χ0v) is 10.8. The summed E-state index contributed by atoms with van der Waals surface area (Å²) < 4.78 is 5.22. The summed E-state index contributed by atoms with van der Waals surface area (Å²) in [5.74, 6) is 0.325. The Morgan fingerprint density at radius 2 is 1.94 bits per heavy atom. The number of methoxy groups -OCH3 is 1.